The van der Waals surface area contributed by atoms with Crippen LogP contribution in [0.3, 0.4) is 0 Å². The van der Waals surface area contributed by atoms with E-state index in [0.717, 1.165) is 42.4 Å². The minimum Gasteiger partial charge on any atom is -0.481 e. The summed E-state index contributed by atoms with van der Waals surface area (Å²) in [6.45, 7) is 3.77. The van der Waals surface area contributed by atoms with Crippen molar-refractivity contribution in [2.24, 2.45) is 5.92 Å². The Hall–Kier alpha value is -2.42. The number of halogens is 1. The van der Waals surface area contributed by atoms with Crippen molar-refractivity contribution in [1.82, 2.24) is 15.7 Å². The number of nitrogens with zero attached hydrogens (tertiary/aromatic N) is 1. The highest BCUT2D eigenvalue weighted by molar-refractivity contribution is 9.10. The Morgan fingerprint density at radius 3 is 2.37 bits per heavy atom. The molecule has 0 bridgehead atoms. The van der Waals surface area contributed by atoms with Crippen molar-refractivity contribution in [3.8, 4) is 17.6 Å². The largest absolute Gasteiger partial charge is 0.481 e. The first-order chi connectivity index (χ1) is 18.3. The Morgan fingerprint density at radius 1 is 1.08 bits per heavy atom. The van der Waals surface area contributed by atoms with E-state index in [1.807, 2.05) is 24.3 Å². The van der Waals surface area contributed by atoms with E-state index >= 15 is 0 Å². The van der Waals surface area contributed by atoms with Gasteiger partial charge < -0.3 is 10.1 Å². The van der Waals surface area contributed by atoms with Gasteiger partial charge in [-0.05, 0) is 86.7 Å². The van der Waals surface area contributed by atoms with Crippen LogP contribution in [-0.2, 0) is 21.2 Å². The van der Waals surface area contributed by atoms with Gasteiger partial charge in [-0.1, -0.05) is 39.9 Å². The Balaban J connectivity index is 1.38. The zero-order valence-corrected chi connectivity index (χ0v) is 23.7. The van der Waals surface area contributed by atoms with Gasteiger partial charge in [-0.2, -0.15) is 0 Å². The molecule has 0 spiro atoms. The number of likely N-dealkylation sites (tertiary alicyclic amines) is 1. The molecule has 3 N–H and O–H groups in total. The van der Waals surface area contributed by atoms with Gasteiger partial charge in [0.25, 0.3) is 5.91 Å². The number of hydrogen-bond acceptors (Lipinski definition) is 7. The third kappa shape index (κ3) is 6.77. The summed E-state index contributed by atoms with van der Waals surface area (Å²) in [4.78, 5) is 14.9. The maximum Gasteiger partial charge on any atom is 0.265 e. The van der Waals surface area contributed by atoms with E-state index in [-0.39, 0.29) is 24.3 Å². The van der Waals surface area contributed by atoms with Crippen LogP contribution in [0.1, 0.15) is 37.7 Å². The lowest BCUT2D eigenvalue weighted by Crippen LogP contribution is -2.57. The average Bonchev–Trinajstić information content (AvgIpc) is 2.95. The summed E-state index contributed by atoms with van der Waals surface area (Å²) < 4.78 is 32.3. The van der Waals surface area contributed by atoms with Gasteiger partial charge in [0.2, 0.25) is 0 Å². The molecule has 204 valence electrons. The fourth-order valence-corrected chi connectivity index (χ4v) is 7.27. The average molecular weight is 605 g/mol. The Labute approximate surface area is 233 Å². The maximum absolute atomic E-state index is 13.7. The van der Waals surface area contributed by atoms with Crippen LogP contribution < -0.4 is 15.5 Å². The molecule has 0 atom stereocenters. The first-order valence-electron chi connectivity index (χ1n) is 12.9. The van der Waals surface area contributed by atoms with E-state index in [2.05, 4.69) is 38.0 Å². The summed E-state index contributed by atoms with van der Waals surface area (Å²) >= 11 is 3.43. The van der Waals surface area contributed by atoms with Gasteiger partial charge in [0.15, 0.2) is 14.6 Å². The molecule has 10 heteroatoms. The summed E-state index contributed by atoms with van der Waals surface area (Å²) in [5, 5.41) is 12.8. The number of hydrogen-bond donors (Lipinski definition) is 3. The SMILES string of the molecule is O=C(NO)C1(S(=O)(=O)c2ccc(OCC#CCC3CCNCC3)cc2)CCN(Cc2ccc(Br)cc2)CC1. The fourth-order valence-electron chi connectivity index (χ4n) is 5.05. The maximum atomic E-state index is 13.7. The topological polar surface area (TPSA) is 108 Å². The predicted molar refractivity (Wildman–Crippen MR) is 148 cm³/mol. The number of carbonyl (C=O) groups excluding carboxylic acids is 1. The summed E-state index contributed by atoms with van der Waals surface area (Å²) in [5.74, 6) is 6.44. The minimum absolute atomic E-state index is 0.0202. The number of sulfone groups is 1. The van der Waals surface area contributed by atoms with Crippen molar-refractivity contribution < 1.29 is 23.2 Å². The smallest absolute Gasteiger partial charge is 0.265 e. The molecule has 2 aromatic rings. The molecular weight excluding hydrogens is 570 g/mol. The number of carbonyl (C=O) groups is 1. The summed E-state index contributed by atoms with van der Waals surface area (Å²) in [6.07, 6.45) is 3.29. The number of rotatable bonds is 8. The molecule has 0 unspecified atom stereocenters. The highest BCUT2D eigenvalue weighted by Crippen LogP contribution is 2.37. The van der Waals surface area contributed by atoms with Gasteiger partial charge in [0, 0.05) is 30.5 Å². The molecule has 0 aromatic heterocycles. The number of ether oxygens (including phenoxy) is 1. The van der Waals surface area contributed by atoms with Crippen molar-refractivity contribution >= 4 is 31.7 Å². The number of nitrogens with one attached hydrogen (secondary N) is 2. The monoisotopic (exact) mass is 603 g/mol. The standard InChI is InChI=1S/C28H34BrN3O5S/c29-24-6-4-23(5-7-24)21-32-18-14-28(15-19-32,27(33)31-34)38(35,36)26-10-8-25(9-11-26)37-20-2-1-3-22-12-16-30-17-13-22/h4-11,22,30,34H,3,12-21H2,(H,31,33). The zero-order valence-electron chi connectivity index (χ0n) is 21.3. The van der Waals surface area contributed by atoms with Crippen molar-refractivity contribution in [2.75, 3.05) is 32.8 Å². The normalized spacial score (nSPS) is 18.3. The third-order valence-electron chi connectivity index (χ3n) is 7.43. The molecule has 2 heterocycles. The molecule has 2 saturated heterocycles. The molecule has 2 fully saturated rings. The summed E-state index contributed by atoms with van der Waals surface area (Å²) in [5.41, 5.74) is 2.71. The predicted octanol–water partition coefficient (Wildman–Crippen LogP) is 3.53. The van der Waals surface area contributed by atoms with Crippen LogP contribution in [0.25, 0.3) is 0 Å². The Morgan fingerprint density at radius 2 is 1.74 bits per heavy atom. The number of hydroxylamine groups is 1. The molecular formula is C28H34BrN3O5S. The first kappa shape index (κ1) is 28.6. The van der Waals surface area contributed by atoms with Crippen LogP contribution in [0, 0.1) is 17.8 Å². The summed E-state index contributed by atoms with van der Waals surface area (Å²) in [7, 11) is -4.09. The van der Waals surface area contributed by atoms with Crippen LogP contribution in [0.5, 0.6) is 5.75 Å². The van der Waals surface area contributed by atoms with Crippen molar-refractivity contribution in [3.05, 3.63) is 58.6 Å². The summed E-state index contributed by atoms with van der Waals surface area (Å²) in [6, 6.07) is 14.0. The molecule has 4 rings (SSSR count). The first-order valence-corrected chi connectivity index (χ1v) is 15.2. The van der Waals surface area contributed by atoms with Crippen LogP contribution in [0.15, 0.2) is 57.9 Å². The minimum atomic E-state index is -4.09. The molecule has 0 radical (unpaired) electrons. The van der Waals surface area contributed by atoms with Crippen LogP contribution in [0.2, 0.25) is 0 Å². The van der Waals surface area contributed by atoms with Crippen LogP contribution >= 0.6 is 15.9 Å². The van der Waals surface area contributed by atoms with Crippen molar-refractivity contribution in [3.63, 3.8) is 0 Å². The molecule has 2 aromatic carbocycles. The molecule has 0 saturated carbocycles. The molecule has 8 nitrogen and oxygen atoms in total. The molecule has 0 aliphatic carbocycles. The van der Waals surface area contributed by atoms with E-state index in [9.17, 15) is 18.4 Å². The number of piperidine rings is 2. The van der Waals surface area contributed by atoms with E-state index in [1.165, 1.54) is 12.1 Å². The highest BCUT2D eigenvalue weighted by atomic mass is 79.9. The van der Waals surface area contributed by atoms with Crippen molar-refractivity contribution in [2.45, 2.75) is 48.3 Å². The van der Waals surface area contributed by atoms with E-state index < -0.39 is 20.5 Å². The zero-order chi connectivity index (χ0) is 27.0. The molecule has 2 aliphatic heterocycles. The van der Waals surface area contributed by atoms with Gasteiger partial charge in [0.1, 0.15) is 12.4 Å². The quantitative estimate of drug-likeness (QED) is 0.241. The number of amides is 1. The molecule has 38 heavy (non-hydrogen) atoms. The second kappa shape index (κ2) is 13.1. The van der Waals surface area contributed by atoms with Crippen LogP contribution in [-0.4, -0.2) is 62.0 Å². The van der Waals surface area contributed by atoms with E-state index in [4.69, 9.17) is 4.74 Å². The fraction of sp³-hybridized carbons (Fsp3) is 0.464. The van der Waals surface area contributed by atoms with Gasteiger partial charge >= 0.3 is 0 Å². The lowest BCUT2D eigenvalue weighted by Gasteiger charge is -2.39. The Kier molecular flexibility index (Phi) is 9.85. The van der Waals surface area contributed by atoms with Gasteiger partial charge in [-0.3, -0.25) is 14.9 Å². The number of benzene rings is 2. The highest BCUT2D eigenvalue weighted by Gasteiger charge is 2.52. The molecule has 2 aliphatic rings. The Bertz CT molecular complexity index is 1240. The van der Waals surface area contributed by atoms with Gasteiger partial charge in [0.05, 0.1) is 4.90 Å². The third-order valence-corrected chi connectivity index (χ3v) is 10.5. The molecule has 1 amide bonds. The van der Waals surface area contributed by atoms with Gasteiger partial charge in [-0.15, -0.1) is 0 Å². The van der Waals surface area contributed by atoms with Crippen molar-refractivity contribution in [1.29, 1.82) is 0 Å². The second-order valence-corrected chi connectivity index (χ2v) is 13.0. The second-order valence-electron chi connectivity index (χ2n) is 9.85. The van der Waals surface area contributed by atoms with Gasteiger partial charge in [-0.25, -0.2) is 13.9 Å². The van der Waals surface area contributed by atoms with E-state index in [0.29, 0.717) is 31.3 Å². The van der Waals surface area contributed by atoms with Crippen LogP contribution in [0.4, 0.5) is 0 Å². The lowest BCUT2D eigenvalue weighted by atomic mass is 9.94. The lowest BCUT2D eigenvalue weighted by molar-refractivity contribution is -0.133. The van der Waals surface area contributed by atoms with E-state index in [1.54, 1.807) is 17.6 Å².